The lowest BCUT2D eigenvalue weighted by Gasteiger charge is -2.11. The monoisotopic (exact) mass is 299 g/mol. The molecule has 0 aliphatic heterocycles. The second-order valence-electron chi connectivity index (χ2n) is 5.54. The summed E-state index contributed by atoms with van der Waals surface area (Å²) >= 11 is 0. The molecule has 0 unspecified atom stereocenters. The number of hydrogen-bond donors (Lipinski definition) is 1. The van der Waals surface area contributed by atoms with Crippen LogP contribution in [0.25, 0.3) is 21.9 Å². The molecule has 5 nitrogen and oxygen atoms in total. The number of hydrogen-bond acceptors (Lipinski definition) is 3. The van der Waals surface area contributed by atoms with Gasteiger partial charge in [-0.3, -0.25) is 4.79 Å². The average molecular weight is 299 g/mol. The Hall–Kier alpha value is -2.14. The minimum Gasteiger partial charge on any atom is -0.396 e. The molecule has 3 rings (SSSR count). The smallest absolute Gasteiger partial charge is 0.277 e. The van der Waals surface area contributed by atoms with Gasteiger partial charge in [0.25, 0.3) is 5.56 Å². The molecule has 0 aliphatic rings. The van der Waals surface area contributed by atoms with Crippen LogP contribution in [-0.2, 0) is 13.1 Å². The van der Waals surface area contributed by atoms with Gasteiger partial charge in [0, 0.05) is 25.1 Å². The van der Waals surface area contributed by atoms with Crippen molar-refractivity contribution in [2.45, 2.75) is 39.3 Å². The van der Waals surface area contributed by atoms with Crippen molar-refractivity contribution in [2.24, 2.45) is 0 Å². The zero-order chi connectivity index (χ0) is 15.5. The zero-order valence-corrected chi connectivity index (χ0v) is 12.8. The van der Waals surface area contributed by atoms with E-state index in [-0.39, 0.29) is 12.2 Å². The maximum absolute atomic E-state index is 12.9. The van der Waals surface area contributed by atoms with Crippen LogP contribution in [-0.4, -0.2) is 25.8 Å². The highest BCUT2D eigenvalue weighted by Gasteiger charge is 2.15. The fraction of sp³-hybridized carbons (Fsp3) is 0.412. The predicted octanol–water partition coefficient (Wildman–Crippen LogP) is 2.53. The predicted molar refractivity (Wildman–Crippen MR) is 88.1 cm³/mol. The Morgan fingerprint density at radius 3 is 2.77 bits per heavy atom. The molecule has 3 aromatic rings. The van der Waals surface area contributed by atoms with E-state index in [0.717, 1.165) is 35.8 Å². The number of fused-ring (bicyclic) bond motifs is 3. The molecule has 0 saturated carbocycles. The average Bonchev–Trinajstić information content (AvgIpc) is 2.97. The summed E-state index contributed by atoms with van der Waals surface area (Å²) in [5.41, 5.74) is 2.35. The van der Waals surface area contributed by atoms with Crippen LogP contribution >= 0.6 is 0 Å². The molecule has 1 N–H and O–H groups in total. The molecule has 0 spiro atoms. The maximum atomic E-state index is 12.9. The van der Waals surface area contributed by atoms with Gasteiger partial charge < -0.3 is 14.2 Å². The first-order valence-electron chi connectivity index (χ1n) is 7.85. The topological polar surface area (TPSA) is 60.0 Å². The Bertz CT molecular complexity index is 848. The number of imidazole rings is 1. The van der Waals surface area contributed by atoms with E-state index < -0.39 is 0 Å². The van der Waals surface area contributed by atoms with Crippen molar-refractivity contribution in [3.63, 3.8) is 0 Å². The summed E-state index contributed by atoms with van der Waals surface area (Å²) in [6.07, 6.45) is 4.34. The molecule has 0 bridgehead atoms. The molecule has 2 heterocycles. The van der Waals surface area contributed by atoms with Crippen molar-refractivity contribution in [2.75, 3.05) is 6.61 Å². The fourth-order valence-corrected chi connectivity index (χ4v) is 2.90. The Kier molecular flexibility index (Phi) is 4.24. The number of aliphatic hydroxyl groups excluding tert-OH is 1. The normalized spacial score (nSPS) is 11.5. The number of aryl methyl sites for hydroxylation is 2. The van der Waals surface area contributed by atoms with Gasteiger partial charge in [0.2, 0.25) is 0 Å². The maximum Gasteiger partial charge on any atom is 0.277 e. The van der Waals surface area contributed by atoms with Gasteiger partial charge in [-0.05, 0) is 18.9 Å². The van der Waals surface area contributed by atoms with Crippen molar-refractivity contribution >= 4 is 21.9 Å². The van der Waals surface area contributed by atoms with Gasteiger partial charge in [-0.25, -0.2) is 4.98 Å². The van der Waals surface area contributed by atoms with E-state index in [9.17, 15) is 4.79 Å². The zero-order valence-electron chi connectivity index (χ0n) is 12.8. The van der Waals surface area contributed by atoms with Crippen LogP contribution in [0.1, 0.15) is 26.2 Å². The first-order chi connectivity index (χ1) is 10.8. The van der Waals surface area contributed by atoms with Gasteiger partial charge in [-0.15, -0.1) is 0 Å². The van der Waals surface area contributed by atoms with Gasteiger partial charge in [-0.2, -0.15) is 0 Å². The number of nitrogens with zero attached hydrogens (tertiary/aromatic N) is 3. The summed E-state index contributed by atoms with van der Waals surface area (Å²) in [5, 5.41) is 10.0. The molecular weight excluding hydrogens is 278 g/mol. The van der Waals surface area contributed by atoms with Crippen LogP contribution in [0.5, 0.6) is 0 Å². The van der Waals surface area contributed by atoms with E-state index in [0.29, 0.717) is 18.5 Å². The third-order valence-electron chi connectivity index (χ3n) is 4.03. The minimum atomic E-state index is 0.0117. The van der Waals surface area contributed by atoms with Crippen LogP contribution in [0.3, 0.4) is 0 Å². The van der Waals surface area contributed by atoms with Crippen LogP contribution in [0.15, 0.2) is 35.4 Å². The number of pyridine rings is 1. The van der Waals surface area contributed by atoms with Crippen LogP contribution in [0.2, 0.25) is 0 Å². The van der Waals surface area contributed by atoms with E-state index in [1.54, 1.807) is 6.33 Å². The molecule has 22 heavy (non-hydrogen) atoms. The van der Waals surface area contributed by atoms with Crippen molar-refractivity contribution in [1.82, 2.24) is 14.1 Å². The molecule has 0 amide bonds. The van der Waals surface area contributed by atoms with Crippen molar-refractivity contribution in [3.8, 4) is 0 Å². The van der Waals surface area contributed by atoms with Gasteiger partial charge in [0.15, 0.2) is 0 Å². The summed E-state index contributed by atoms with van der Waals surface area (Å²) in [5.74, 6) is 0. The molecule has 0 atom stereocenters. The first-order valence-corrected chi connectivity index (χ1v) is 7.85. The summed E-state index contributed by atoms with van der Waals surface area (Å²) in [7, 11) is 0. The van der Waals surface area contributed by atoms with Gasteiger partial charge in [0.1, 0.15) is 11.0 Å². The van der Waals surface area contributed by atoms with Crippen LogP contribution < -0.4 is 5.56 Å². The number of aliphatic hydroxyl groups is 1. The molecule has 5 heteroatoms. The van der Waals surface area contributed by atoms with Crippen LogP contribution in [0.4, 0.5) is 0 Å². The molecular formula is C17H21N3O2. The standard InChI is InChI=1S/C17H21N3O2/c1-2-3-10-20-14-8-5-4-7-13(14)15-16(17(20)22)19(12-18-15)9-6-11-21/h4-5,7-8,12,21H,2-3,6,9-11H2,1H3. The Labute approximate surface area is 128 Å². The Morgan fingerprint density at radius 1 is 1.18 bits per heavy atom. The fourth-order valence-electron chi connectivity index (χ4n) is 2.90. The van der Waals surface area contributed by atoms with Crippen LogP contribution in [0, 0.1) is 0 Å². The lowest BCUT2D eigenvalue weighted by molar-refractivity contribution is 0.280. The van der Waals surface area contributed by atoms with Crippen molar-refractivity contribution < 1.29 is 5.11 Å². The van der Waals surface area contributed by atoms with Gasteiger partial charge >= 0.3 is 0 Å². The molecule has 2 aromatic heterocycles. The number of unbranched alkanes of at least 4 members (excludes halogenated alkanes) is 1. The van der Waals surface area contributed by atoms with E-state index in [2.05, 4.69) is 11.9 Å². The highest BCUT2D eigenvalue weighted by molar-refractivity contribution is 6.02. The van der Waals surface area contributed by atoms with E-state index >= 15 is 0 Å². The van der Waals surface area contributed by atoms with Crippen molar-refractivity contribution in [3.05, 3.63) is 40.9 Å². The first kappa shape index (κ1) is 14.8. The van der Waals surface area contributed by atoms with E-state index in [1.165, 1.54) is 0 Å². The van der Waals surface area contributed by atoms with Gasteiger partial charge in [-0.1, -0.05) is 31.5 Å². The highest BCUT2D eigenvalue weighted by Crippen LogP contribution is 2.22. The van der Waals surface area contributed by atoms with Gasteiger partial charge in [0.05, 0.1) is 11.8 Å². The number of benzene rings is 1. The summed E-state index contributed by atoms with van der Waals surface area (Å²) < 4.78 is 3.72. The molecule has 0 radical (unpaired) electrons. The molecule has 116 valence electrons. The number of aromatic nitrogens is 3. The largest absolute Gasteiger partial charge is 0.396 e. The van der Waals surface area contributed by atoms with E-state index in [1.807, 2.05) is 33.4 Å². The lowest BCUT2D eigenvalue weighted by atomic mass is 10.1. The SMILES string of the molecule is CCCCn1c(=O)c2c(ncn2CCCO)c2ccccc21. The van der Waals surface area contributed by atoms with Crippen molar-refractivity contribution in [1.29, 1.82) is 0 Å². The molecule has 0 fully saturated rings. The second kappa shape index (κ2) is 6.32. The quantitative estimate of drug-likeness (QED) is 0.761. The summed E-state index contributed by atoms with van der Waals surface area (Å²) in [6, 6.07) is 7.93. The Balaban J connectivity index is 2.29. The summed E-state index contributed by atoms with van der Waals surface area (Å²) in [4.78, 5) is 17.4. The minimum absolute atomic E-state index is 0.0117. The lowest BCUT2D eigenvalue weighted by Crippen LogP contribution is -2.23. The molecule has 0 saturated heterocycles. The second-order valence-corrected chi connectivity index (χ2v) is 5.54. The number of para-hydroxylation sites is 1. The Morgan fingerprint density at radius 2 is 2.00 bits per heavy atom. The highest BCUT2D eigenvalue weighted by atomic mass is 16.3. The van der Waals surface area contributed by atoms with E-state index in [4.69, 9.17) is 5.11 Å². The number of rotatable bonds is 6. The summed E-state index contributed by atoms with van der Waals surface area (Å²) in [6.45, 7) is 3.56. The third-order valence-corrected chi connectivity index (χ3v) is 4.03. The molecule has 1 aromatic carbocycles. The molecule has 0 aliphatic carbocycles. The third kappa shape index (κ3) is 2.41.